The second-order valence-electron chi connectivity index (χ2n) is 3.86. The van der Waals surface area contributed by atoms with Crippen LogP contribution in [0, 0.1) is 0 Å². The van der Waals surface area contributed by atoms with Gasteiger partial charge in [0.2, 0.25) is 5.96 Å². The van der Waals surface area contributed by atoms with Crippen molar-refractivity contribution in [2.45, 2.75) is 6.10 Å². The normalized spacial score (nSPS) is 18.1. The minimum Gasteiger partial charge on any atom is -0.387 e. The molecule has 0 spiro atoms. The molecule has 1 aromatic heterocycles. The van der Waals surface area contributed by atoms with E-state index in [9.17, 15) is 14.7 Å². The van der Waals surface area contributed by atoms with E-state index >= 15 is 0 Å². The highest BCUT2D eigenvalue weighted by molar-refractivity contribution is 6.11. The maximum atomic E-state index is 11.6. The first-order valence-corrected chi connectivity index (χ1v) is 5.53. The summed E-state index contributed by atoms with van der Waals surface area (Å²) in [7, 11) is 0. The van der Waals surface area contributed by atoms with Crippen LogP contribution >= 0.6 is 0 Å². The number of hydrogen-bond acceptors (Lipinski definition) is 5. The lowest BCUT2D eigenvalue weighted by Crippen LogP contribution is -2.32. The van der Waals surface area contributed by atoms with Gasteiger partial charge < -0.3 is 21.1 Å². The van der Waals surface area contributed by atoms with Gasteiger partial charge in [0.05, 0.1) is 6.10 Å². The number of aromatic amines is 1. The van der Waals surface area contributed by atoms with E-state index in [4.69, 9.17) is 5.73 Å². The summed E-state index contributed by atoms with van der Waals surface area (Å²) in [5.41, 5.74) is 5.72. The number of amides is 2. The highest BCUT2D eigenvalue weighted by atomic mass is 16.3. The molecule has 0 unspecified atom stereocenters. The summed E-state index contributed by atoms with van der Waals surface area (Å²) in [6.45, 7) is -0.0376. The molecule has 0 saturated carbocycles. The number of aliphatic hydroxyl groups is 1. The van der Waals surface area contributed by atoms with Crippen LogP contribution in [0.5, 0.6) is 0 Å². The predicted molar refractivity (Wildman–Crippen MR) is 67.0 cm³/mol. The van der Waals surface area contributed by atoms with Crippen molar-refractivity contribution in [3.8, 4) is 0 Å². The van der Waals surface area contributed by atoms with E-state index in [-0.39, 0.29) is 24.1 Å². The topological polar surface area (TPSA) is 133 Å². The van der Waals surface area contributed by atoms with Crippen molar-refractivity contribution in [3.63, 3.8) is 0 Å². The van der Waals surface area contributed by atoms with Gasteiger partial charge in [-0.3, -0.25) is 14.9 Å². The Kier molecular flexibility index (Phi) is 3.62. The number of aromatic nitrogens is 1. The van der Waals surface area contributed by atoms with Crippen LogP contribution in [0.15, 0.2) is 35.1 Å². The lowest BCUT2D eigenvalue weighted by Gasteiger charge is -2.07. The molecule has 6 N–H and O–H groups in total. The molecule has 0 fully saturated rings. The Hall–Kier alpha value is -2.61. The van der Waals surface area contributed by atoms with Crippen LogP contribution < -0.4 is 16.4 Å². The van der Waals surface area contributed by atoms with Crippen LogP contribution in [-0.2, 0) is 4.79 Å². The Labute approximate surface area is 108 Å². The molecule has 2 amide bonds. The fourth-order valence-electron chi connectivity index (χ4n) is 1.51. The molecule has 2 heterocycles. The number of carbonyl (C=O) groups excluding carboxylic acids is 2. The summed E-state index contributed by atoms with van der Waals surface area (Å²) in [6.07, 6.45) is 1.81. The zero-order chi connectivity index (χ0) is 13.8. The zero-order valence-electron chi connectivity index (χ0n) is 9.88. The molecule has 1 atom stereocenters. The minimum atomic E-state index is -1.03. The lowest BCUT2D eigenvalue weighted by molar-refractivity contribution is -0.115. The summed E-state index contributed by atoms with van der Waals surface area (Å²) in [5.74, 6) is -0.840. The fourth-order valence-corrected chi connectivity index (χ4v) is 1.51. The molecule has 0 aliphatic carbocycles. The van der Waals surface area contributed by atoms with E-state index in [0.717, 1.165) is 0 Å². The van der Waals surface area contributed by atoms with Gasteiger partial charge in [0.15, 0.2) is 0 Å². The molecular weight excluding hydrogens is 250 g/mol. The van der Waals surface area contributed by atoms with E-state index in [2.05, 4.69) is 20.6 Å². The number of rotatable bonds is 4. The number of nitrogens with one attached hydrogen (secondary N) is 3. The lowest BCUT2D eigenvalue weighted by atomic mass is 10.2. The van der Waals surface area contributed by atoms with Gasteiger partial charge in [-0.1, -0.05) is 0 Å². The van der Waals surface area contributed by atoms with E-state index < -0.39 is 12.0 Å². The fraction of sp³-hybridized carbons (Fsp3) is 0.182. The monoisotopic (exact) mass is 263 g/mol. The first kappa shape index (κ1) is 12.8. The average Bonchev–Trinajstić information content (AvgIpc) is 2.97. The van der Waals surface area contributed by atoms with Crippen LogP contribution in [0.1, 0.15) is 10.5 Å². The maximum Gasteiger partial charge on any atom is 0.276 e. The first-order chi connectivity index (χ1) is 9.06. The standard InChI is InChI=1S/C11H13N5O3/c12-11-15-8(10(19)16-11)4-6(17)5-14-9(18)7-2-1-3-13-7/h1-4,6,13,17H,5H2,(H,14,18)(H3,12,15,16,19)/b8-4-/t6-/m1/s1. The van der Waals surface area contributed by atoms with E-state index in [0.29, 0.717) is 5.69 Å². The van der Waals surface area contributed by atoms with Crippen molar-refractivity contribution >= 4 is 17.8 Å². The van der Waals surface area contributed by atoms with Crippen LogP contribution in [0.25, 0.3) is 0 Å². The van der Waals surface area contributed by atoms with Crippen LogP contribution in [-0.4, -0.2) is 40.5 Å². The molecule has 0 aromatic carbocycles. The molecule has 8 heteroatoms. The van der Waals surface area contributed by atoms with Gasteiger partial charge in [-0.15, -0.1) is 0 Å². The van der Waals surface area contributed by atoms with Gasteiger partial charge in [-0.2, -0.15) is 0 Å². The predicted octanol–water partition coefficient (Wildman–Crippen LogP) is -1.57. The Balaban J connectivity index is 1.88. The molecule has 8 nitrogen and oxygen atoms in total. The summed E-state index contributed by atoms with van der Waals surface area (Å²) >= 11 is 0. The number of aliphatic hydroxyl groups excluding tert-OH is 1. The Morgan fingerprint density at radius 2 is 2.42 bits per heavy atom. The second-order valence-corrected chi connectivity index (χ2v) is 3.86. The largest absolute Gasteiger partial charge is 0.387 e. The smallest absolute Gasteiger partial charge is 0.276 e. The van der Waals surface area contributed by atoms with Crippen LogP contribution in [0.2, 0.25) is 0 Å². The van der Waals surface area contributed by atoms with E-state index in [1.165, 1.54) is 6.08 Å². The molecular formula is C11H13N5O3. The number of nitrogens with zero attached hydrogens (tertiary/aromatic N) is 1. The van der Waals surface area contributed by atoms with Crippen molar-refractivity contribution in [2.75, 3.05) is 6.54 Å². The van der Waals surface area contributed by atoms with E-state index in [1.807, 2.05) is 0 Å². The van der Waals surface area contributed by atoms with Gasteiger partial charge in [-0.25, -0.2) is 4.99 Å². The van der Waals surface area contributed by atoms with Crippen molar-refractivity contribution in [1.82, 2.24) is 15.6 Å². The number of guanidine groups is 1. The maximum absolute atomic E-state index is 11.6. The molecule has 0 saturated heterocycles. The third kappa shape index (κ3) is 3.19. The van der Waals surface area contributed by atoms with Gasteiger partial charge in [0.1, 0.15) is 11.4 Å². The summed E-state index contributed by atoms with van der Waals surface area (Å²) in [6, 6.07) is 3.29. The van der Waals surface area contributed by atoms with E-state index in [1.54, 1.807) is 18.3 Å². The molecule has 100 valence electrons. The number of hydrogen-bond donors (Lipinski definition) is 5. The second kappa shape index (κ2) is 5.36. The van der Waals surface area contributed by atoms with Crippen LogP contribution in [0.3, 0.4) is 0 Å². The number of carbonyl (C=O) groups is 2. The summed E-state index contributed by atoms with van der Waals surface area (Å²) in [4.78, 5) is 29.3. The van der Waals surface area contributed by atoms with Gasteiger partial charge in [0.25, 0.3) is 11.8 Å². The van der Waals surface area contributed by atoms with Crippen LogP contribution in [0.4, 0.5) is 0 Å². The van der Waals surface area contributed by atoms with Gasteiger partial charge in [-0.05, 0) is 18.2 Å². The number of nitrogens with two attached hydrogens (primary N) is 1. The molecule has 2 rings (SSSR count). The molecule has 0 radical (unpaired) electrons. The molecule has 1 aliphatic rings. The van der Waals surface area contributed by atoms with Crippen molar-refractivity contribution in [3.05, 3.63) is 35.8 Å². The molecule has 0 bridgehead atoms. The Morgan fingerprint density at radius 3 is 3.00 bits per heavy atom. The third-order valence-corrected chi connectivity index (χ3v) is 2.38. The zero-order valence-corrected chi connectivity index (χ0v) is 9.88. The Morgan fingerprint density at radius 1 is 1.63 bits per heavy atom. The molecule has 19 heavy (non-hydrogen) atoms. The van der Waals surface area contributed by atoms with Crippen molar-refractivity contribution in [1.29, 1.82) is 0 Å². The quantitative estimate of drug-likeness (QED) is 0.420. The van der Waals surface area contributed by atoms with Crippen molar-refractivity contribution < 1.29 is 14.7 Å². The first-order valence-electron chi connectivity index (χ1n) is 5.53. The van der Waals surface area contributed by atoms with Gasteiger partial charge in [0, 0.05) is 12.7 Å². The SMILES string of the molecule is NC1=N/C(=C\[C@@H](O)CNC(=O)c2ccc[nH]2)C(=O)N1. The summed E-state index contributed by atoms with van der Waals surface area (Å²) < 4.78 is 0. The minimum absolute atomic E-state index is 0.0149. The summed E-state index contributed by atoms with van der Waals surface area (Å²) in [5, 5.41) is 14.5. The average molecular weight is 263 g/mol. The van der Waals surface area contributed by atoms with Crippen molar-refractivity contribution in [2.24, 2.45) is 10.7 Å². The number of H-pyrrole nitrogens is 1. The van der Waals surface area contributed by atoms with Gasteiger partial charge >= 0.3 is 0 Å². The molecule has 1 aliphatic heterocycles. The Bertz CT molecular complexity index is 547. The highest BCUT2D eigenvalue weighted by Crippen LogP contribution is 2.04. The number of aliphatic imine (C=N–C) groups is 1. The molecule has 1 aromatic rings. The third-order valence-electron chi connectivity index (χ3n) is 2.38. The highest BCUT2D eigenvalue weighted by Gasteiger charge is 2.19.